The normalized spacial score (nSPS) is 16.8. The minimum atomic E-state index is -3.65. The summed E-state index contributed by atoms with van der Waals surface area (Å²) in [5, 5.41) is 3.09. The Morgan fingerprint density at radius 1 is 1.40 bits per heavy atom. The van der Waals surface area contributed by atoms with E-state index >= 15 is 0 Å². The molecule has 0 bridgehead atoms. The summed E-state index contributed by atoms with van der Waals surface area (Å²) in [6.07, 6.45) is 1.66. The number of nitrogens with zero attached hydrogens (tertiary/aromatic N) is 2. The van der Waals surface area contributed by atoms with Crippen LogP contribution in [0.1, 0.15) is 19.8 Å². The predicted octanol–water partition coefficient (Wildman–Crippen LogP) is 2.20. The minimum Gasteiger partial charge on any atom is -0.495 e. The van der Waals surface area contributed by atoms with E-state index < -0.39 is 16.1 Å². The minimum absolute atomic E-state index is 0.288. The number of halogens is 1. The van der Waals surface area contributed by atoms with Crippen molar-refractivity contribution in [2.75, 3.05) is 39.1 Å². The quantitative estimate of drug-likeness (QED) is 0.808. The number of methoxy groups -OCH3 is 1. The Bertz CT molecular complexity index is 718. The zero-order valence-corrected chi connectivity index (χ0v) is 16.2. The van der Waals surface area contributed by atoms with Gasteiger partial charge in [-0.3, -0.25) is 4.79 Å². The summed E-state index contributed by atoms with van der Waals surface area (Å²) in [4.78, 5) is 12.2. The van der Waals surface area contributed by atoms with Gasteiger partial charge >= 0.3 is 0 Å². The zero-order chi connectivity index (χ0) is 18.6. The Balaban J connectivity index is 2.01. The number of piperidine rings is 1. The molecular weight excluding hydrogens is 366 g/mol. The second-order valence-electron chi connectivity index (χ2n) is 6.24. The molecular formula is C16H24ClN3O4S. The molecule has 9 heteroatoms. The third-order valence-electron chi connectivity index (χ3n) is 4.26. The fraction of sp³-hybridized carbons (Fsp3) is 0.562. The van der Waals surface area contributed by atoms with Crippen LogP contribution in [0.3, 0.4) is 0 Å². The van der Waals surface area contributed by atoms with Gasteiger partial charge in [0.1, 0.15) is 5.75 Å². The van der Waals surface area contributed by atoms with Gasteiger partial charge in [-0.2, -0.15) is 17.0 Å². The number of carbonyl (C=O) groups is 1. The highest BCUT2D eigenvalue weighted by Gasteiger charge is 2.31. The SMILES string of the molecule is COc1ccc(Cl)cc1NC(=O)CN(C)S(=O)(=O)N1CCC(C)CC1. The number of likely N-dealkylation sites (N-methyl/N-ethyl adjacent to an activating group) is 1. The number of rotatable bonds is 6. The van der Waals surface area contributed by atoms with Gasteiger partial charge in [0.05, 0.1) is 19.3 Å². The molecule has 1 amide bonds. The average Bonchev–Trinajstić information content (AvgIpc) is 2.55. The van der Waals surface area contributed by atoms with E-state index in [1.807, 2.05) is 0 Å². The lowest BCUT2D eigenvalue weighted by Crippen LogP contribution is -2.47. The lowest BCUT2D eigenvalue weighted by Gasteiger charge is -2.32. The van der Waals surface area contributed by atoms with Crippen molar-refractivity contribution < 1.29 is 17.9 Å². The van der Waals surface area contributed by atoms with E-state index in [-0.39, 0.29) is 6.54 Å². The first-order valence-corrected chi connectivity index (χ1v) is 9.86. The standard InChI is InChI=1S/C16H24ClN3O4S/c1-12-6-8-20(9-7-12)25(22,23)19(2)11-16(21)18-14-10-13(17)4-5-15(14)24-3/h4-5,10,12H,6-9,11H2,1-3H3,(H,18,21). The van der Waals surface area contributed by atoms with Crippen molar-refractivity contribution >= 4 is 33.4 Å². The molecule has 0 aliphatic carbocycles. The van der Waals surface area contributed by atoms with Gasteiger partial charge < -0.3 is 10.1 Å². The maximum absolute atomic E-state index is 12.6. The number of hydrogen-bond acceptors (Lipinski definition) is 4. The van der Waals surface area contributed by atoms with Crippen molar-refractivity contribution in [3.8, 4) is 5.75 Å². The third-order valence-corrected chi connectivity index (χ3v) is 6.43. The highest BCUT2D eigenvalue weighted by molar-refractivity contribution is 7.86. The summed E-state index contributed by atoms with van der Waals surface area (Å²) in [5.41, 5.74) is 0.401. The van der Waals surface area contributed by atoms with E-state index in [2.05, 4.69) is 12.2 Å². The van der Waals surface area contributed by atoms with Crippen molar-refractivity contribution in [2.45, 2.75) is 19.8 Å². The molecule has 140 valence electrons. The molecule has 1 aliphatic rings. The number of carbonyl (C=O) groups excluding carboxylic acids is 1. The zero-order valence-electron chi connectivity index (χ0n) is 14.7. The Morgan fingerprint density at radius 2 is 2.04 bits per heavy atom. The van der Waals surface area contributed by atoms with Crippen molar-refractivity contribution in [3.05, 3.63) is 23.2 Å². The third kappa shape index (κ3) is 5.07. The van der Waals surface area contributed by atoms with Crippen LogP contribution in [0.2, 0.25) is 5.02 Å². The fourth-order valence-corrected chi connectivity index (χ4v) is 4.18. The molecule has 1 N–H and O–H groups in total. The molecule has 1 aromatic rings. The molecule has 1 fully saturated rings. The van der Waals surface area contributed by atoms with Gasteiger partial charge in [0.15, 0.2) is 0 Å². The Labute approximate surface area is 154 Å². The molecule has 0 spiro atoms. The summed E-state index contributed by atoms with van der Waals surface area (Å²) in [6, 6.07) is 4.83. The van der Waals surface area contributed by atoms with Gasteiger partial charge in [0.25, 0.3) is 10.2 Å². The first-order chi connectivity index (χ1) is 11.7. The van der Waals surface area contributed by atoms with E-state index in [0.717, 1.165) is 17.1 Å². The van der Waals surface area contributed by atoms with Crippen molar-refractivity contribution in [3.63, 3.8) is 0 Å². The highest BCUT2D eigenvalue weighted by Crippen LogP contribution is 2.27. The molecule has 0 aromatic heterocycles. The fourth-order valence-electron chi connectivity index (χ4n) is 2.66. The van der Waals surface area contributed by atoms with Crippen LogP contribution in [0.4, 0.5) is 5.69 Å². The Morgan fingerprint density at radius 3 is 2.64 bits per heavy atom. The van der Waals surface area contributed by atoms with Crippen LogP contribution in [0.15, 0.2) is 18.2 Å². The molecule has 1 saturated heterocycles. The Hall–Kier alpha value is -1.35. The monoisotopic (exact) mass is 389 g/mol. The van der Waals surface area contributed by atoms with E-state index in [0.29, 0.717) is 35.5 Å². The molecule has 0 unspecified atom stereocenters. The van der Waals surface area contributed by atoms with E-state index in [1.54, 1.807) is 18.2 Å². The van der Waals surface area contributed by atoms with Crippen LogP contribution < -0.4 is 10.1 Å². The van der Waals surface area contributed by atoms with Gasteiger partial charge in [-0.05, 0) is 37.0 Å². The van der Waals surface area contributed by atoms with Crippen molar-refractivity contribution in [1.29, 1.82) is 0 Å². The maximum Gasteiger partial charge on any atom is 0.282 e. The number of ether oxygens (including phenoxy) is 1. The van der Waals surface area contributed by atoms with Gasteiger partial charge in [0.2, 0.25) is 5.91 Å². The largest absolute Gasteiger partial charge is 0.495 e. The topological polar surface area (TPSA) is 79.0 Å². The summed E-state index contributed by atoms with van der Waals surface area (Å²) in [6.45, 7) is 2.79. The molecule has 0 radical (unpaired) electrons. The van der Waals surface area contributed by atoms with Crippen LogP contribution in [-0.4, -0.2) is 56.7 Å². The summed E-state index contributed by atoms with van der Waals surface area (Å²) >= 11 is 5.93. The van der Waals surface area contributed by atoms with Gasteiger partial charge in [-0.1, -0.05) is 18.5 Å². The number of nitrogens with one attached hydrogen (secondary N) is 1. The molecule has 2 rings (SSSR count). The van der Waals surface area contributed by atoms with Crippen molar-refractivity contribution in [1.82, 2.24) is 8.61 Å². The van der Waals surface area contributed by atoms with Crippen LogP contribution in [-0.2, 0) is 15.0 Å². The first kappa shape index (κ1) is 20.0. The number of hydrogen-bond donors (Lipinski definition) is 1. The van der Waals surface area contributed by atoms with Gasteiger partial charge in [-0.15, -0.1) is 0 Å². The number of anilines is 1. The van der Waals surface area contributed by atoms with Gasteiger partial charge in [0, 0.05) is 25.2 Å². The smallest absolute Gasteiger partial charge is 0.282 e. The van der Waals surface area contributed by atoms with E-state index in [4.69, 9.17) is 16.3 Å². The summed E-state index contributed by atoms with van der Waals surface area (Å²) < 4.78 is 32.8. The molecule has 1 aliphatic heterocycles. The average molecular weight is 390 g/mol. The van der Waals surface area contributed by atoms with Crippen LogP contribution in [0.25, 0.3) is 0 Å². The molecule has 1 heterocycles. The van der Waals surface area contributed by atoms with Crippen molar-refractivity contribution in [2.24, 2.45) is 5.92 Å². The lowest BCUT2D eigenvalue weighted by atomic mass is 10.0. The second kappa shape index (κ2) is 8.35. The molecule has 0 atom stereocenters. The second-order valence-corrected chi connectivity index (χ2v) is 8.71. The molecule has 7 nitrogen and oxygen atoms in total. The van der Waals surface area contributed by atoms with Crippen LogP contribution in [0, 0.1) is 5.92 Å². The molecule has 1 aromatic carbocycles. The van der Waals surface area contributed by atoms with E-state index in [9.17, 15) is 13.2 Å². The summed E-state index contributed by atoms with van der Waals surface area (Å²) in [7, 11) is -0.764. The highest BCUT2D eigenvalue weighted by atomic mass is 35.5. The predicted molar refractivity (Wildman–Crippen MR) is 98.2 cm³/mol. The first-order valence-electron chi connectivity index (χ1n) is 8.09. The number of amides is 1. The van der Waals surface area contributed by atoms with Crippen LogP contribution >= 0.6 is 11.6 Å². The molecule has 0 saturated carbocycles. The maximum atomic E-state index is 12.6. The number of benzene rings is 1. The summed E-state index contributed by atoms with van der Waals surface area (Å²) in [5.74, 6) is 0.514. The van der Waals surface area contributed by atoms with Crippen LogP contribution in [0.5, 0.6) is 5.75 Å². The lowest BCUT2D eigenvalue weighted by molar-refractivity contribution is -0.116. The molecule has 25 heavy (non-hydrogen) atoms. The van der Waals surface area contributed by atoms with E-state index in [1.165, 1.54) is 18.5 Å². The Kier molecular flexibility index (Phi) is 6.67. The van der Waals surface area contributed by atoms with Gasteiger partial charge in [-0.25, -0.2) is 0 Å².